The van der Waals surface area contributed by atoms with E-state index in [-0.39, 0.29) is 12.5 Å². The molecule has 0 aliphatic carbocycles. The van der Waals surface area contributed by atoms with Crippen LogP contribution in [-0.4, -0.2) is 55.5 Å². The van der Waals surface area contributed by atoms with Gasteiger partial charge in [0.05, 0.1) is 6.54 Å². The van der Waals surface area contributed by atoms with E-state index in [0.717, 1.165) is 17.9 Å². The Balaban J connectivity index is 2.44. The van der Waals surface area contributed by atoms with Gasteiger partial charge in [0, 0.05) is 32.4 Å². The number of carbonyl (C=O) groups is 1. The fraction of sp³-hybridized carbons (Fsp3) is 0.500. The van der Waals surface area contributed by atoms with Crippen molar-refractivity contribution in [1.82, 2.24) is 15.5 Å². The van der Waals surface area contributed by atoms with Crippen LogP contribution in [-0.2, 0) is 11.3 Å². The maximum Gasteiger partial charge on any atom is 0.242 e. The van der Waals surface area contributed by atoms with Gasteiger partial charge in [-0.1, -0.05) is 30.3 Å². The van der Waals surface area contributed by atoms with Crippen LogP contribution in [0.3, 0.4) is 0 Å². The first-order valence-electron chi connectivity index (χ1n) is 7.46. The van der Waals surface area contributed by atoms with E-state index in [9.17, 15) is 4.79 Å². The first kappa shape index (κ1) is 18.4. The van der Waals surface area contributed by atoms with Crippen LogP contribution < -0.4 is 10.6 Å². The van der Waals surface area contributed by atoms with E-state index >= 15 is 0 Å². The molecule has 0 saturated heterocycles. The molecule has 0 saturated carbocycles. The third kappa shape index (κ3) is 6.85. The third-order valence-electron chi connectivity index (χ3n) is 3.18. The minimum atomic E-state index is 0.0687. The Morgan fingerprint density at radius 3 is 2.59 bits per heavy atom. The highest BCUT2D eigenvalue weighted by Gasteiger charge is 2.12. The maximum absolute atomic E-state index is 12.3. The molecule has 0 bridgehead atoms. The largest absolute Gasteiger partial charge is 0.356 e. The summed E-state index contributed by atoms with van der Waals surface area (Å²) in [7, 11) is 1.71. The van der Waals surface area contributed by atoms with Gasteiger partial charge in [0.25, 0.3) is 0 Å². The van der Waals surface area contributed by atoms with Crippen molar-refractivity contribution in [2.24, 2.45) is 4.99 Å². The number of nitrogens with one attached hydrogen (secondary N) is 2. The zero-order valence-electron chi connectivity index (χ0n) is 13.6. The minimum Gasteiger partial charge on any atom is -0.356 e. The van der Waals surface area contributed by atoms with E-state index in [1.165, 1.54) is 0 Å². The Morgan fingerprint density at radius 2 is 2.00 bits per heavy atom. The Kier molecular flexibility index (Phi) is 9.14. The lowest BCUT2D eigenvalue weighted by Crippen LogP contribution is -2.44. The second kappa shape index (κ2) is 11.0. The Labute approximate surface area is 137 Å². The van der Waals surface area contributed by atoms with Crippen LogP contribution >= 0.6 is 11.8 Å². The summed E-state index contributed by atoms with van der Waals surface area (Å²) in [5.74, 6) is 1.74. The summed E-state index contributed by atoms with van der Waals surface area (Å²) >= 11 is 1.77. The summed E-state index contributed by atoms with van der Waals surface area (Å²) in [5.41, 5.74) is 1.14. The highest BCUT2D eigenvalue weighted by molar-refractivity contribution is 7.98. The number of aliphatic imine (C=N–C) groups is 1. The standard InChI is InChI=1S/C16H26N4OS/c1-4-20(13-14-8-6-5-7-9-14)15(21)12-19-16(17-2)18-10-11-22-3/h5-9H,4,10-13H2,1-3H3,(H2,17,18,19). The molecule has 2 N–H and O–H groups in total. The molecule has 1 aromatic rings. The van der Waals surface area contributed by atoms with Crippen molar-refractivity contribution in [3.63, 3.8) is 0 Å². The smallest absolute Gasteiger partial charge is 0.242 e. The maximum atomic E-state index is 12.3. The zero-order valence-corrected chi connectivity index (χ0v) is 14.4. The summed E-state index contributed by atoms with van der Waals surface area (Å²) in [5, 5.41) is 6.25. The van der Waals surface area contributed by atoms with Crippen LogP contribution in [0.5, 0.6) is 0 Å². The van der Waals surface area contributed by atoms with Gasteiger partial charge in [-0.25, -0.2) is 0 Å². The lowest BCUT2D eigenvalue weighted by atomic mass is 10.2. The van der Waals surface area contributed by atoms with Crippen molar-refractivity contribution in [2.75, 3.05) is 38.7 Å². The molecular formula is C16H26N4OS. The van der Waals surface area contributed by atoms with E-state index in [1.807, 2.05) is 42.2 Å². The highest BCUT2D eigenvalue weighted by atomic mass is 32.2. The van der Waals surface area contributed by atoms with Crippen LogP contribution in [0, 0.1) is 0 Å². The van der Waals surface area contributed by atoms with Gasteiger partial charge in [-0.15, -0.1) is 0 Å². The number of carbonyl (C=O) groups excluding carboxylic acids is 1. The average molecular weight is 322 g/mol. The fourth-order valence-corrected chi connectivity index (χ4v) is 2.25. The Bertz CT molecular complexity index is 464. The molecular weight excluding hydrogens is 296 g/mol. The first-order chi connectivity index (χ1) is 10.7. The quantitative estimate of drug-likeness (QED) is 0.433. The van der Waals surface area contributed by atoms with Gasteiger partial charge in [0.2, 0.25) is 5.91 Å². The molecule has 1 amide bonds. The van der Waals surface area contributed by atoms with Crippen molar-refractivity contribution in [2.45, 2.75) is 13.5 Å². The lowest BCUT2D eigenvalue weighted by molar-refractivity contribution is -0.130. The topological polar surface area (TPSA) is 56.7 Å². The third-order valence-corrected chi connectivity index (χ3v) is 3.79. The second-order valence-corrected chi connectivity index (χ2v) is 5.72. The van der Waals surface area contributed by atoms with Crippen LogP contribution in [0.4, 0.5) is 0 Å². The molecule has 0 atom stereocenters. The normalized spacial score (nSPS) is 11.1. The molecule has 22 heavy (non-hydrogen) atoms. The predicted octanol–water partition coefficient (Wildman–Crippen LogP) is 1.56. The van der Waals surface area contributed by atoms with Crippen molar-refractivity contribution in [1.29, 1.82) is 0 Å². The molecule has 1 aromatic carbocycles. The van der Waals surface area contributed by atoms with Gasteiger partial charge in [-0.2, -0.15) is 11.8 Å². The molecule has 0 heterocycles. The molecule has 0 unspecified atom stereocenters. The molecule has 122 valence electrons. The minimum absolute atomic E-state index is 0.0687. The molecule has 0 aliphatic rings. The Morgan fingerprint density at radius 1 is 1.27 bits per heavy atom. The number of rotatable bonds is 8. The molecule has 0 aromatic heterocycles. The summed E-state index contributed by atoms with van der Waals surface area (Å²) in [4.78, 5) is 18.3. The summed E-state index contributed by atoms with van der Waals surface area (Å²) in [6.45, 7) is 4.40. The first-order valence-corrected chi connectivity index (χ1v) is 8.85. The summed E-state index contributed by atoms with van der Waals surface area (Å²) in [6.07, 6.45) is 2.06. The zero-order chi connectivity index (χ0) is 16.2. The van der Waals surface area contributed by atoms with E-state index in [0.29, 0.717) is 19.0 Å². The van der Waals surface area contributed by atoms with Crippen LogP contribution in [0.2, 0.25) is 0 Å². The van der Waals surface area contributed by atoms with Gasteiger partial charge in [-0.3, -0.25) is 9.79 Å². The van der Waals surface area contributed by atoms with Gasteiger partial charge in [0.15, 0.2) is 5.96 Å². The molecule has 6 heteroatoms. The SMILES string of the molecule is CCN(Cc1ccccc1)C(=O)CNC(=NC)NCCSC. The summed E-state index contributed by atoms with van der Waals surface area (Å²) in [6, 6.07) is 10.0. The average Bonchev–Trinajstić information content (AvgIpc) is 2.56. The van der Waals surface area contributed by atoms with Crippen molar-refractivity contribution in [3.05, 3.63) is 35.9 Å². The van der Waals surface area contributed by atoms with Crippen molar-refractivity contribution < 1.29 is 4.79 Å². The van der Waals surface area contributed by atoms with Gasteiger partial charge >= 0.3 is 0 Å². The number of benzene rings is 1. The highest BCUT2D eigenvalue weighted by Crippen LogP contribution is 2.04. The number of likely N-dealkylation sites (N-methyl/N-ethyl adjacent to an activating group) is 1. The van der Waals surface area contributed by atoms with E-state index < -0.39 is 0 Å². The number of nitrogens with zero attached hydrogens (tertiary/aromatic N) is 2. The second-order valence-electron chi connectivity index (χ2n) is 4.74. The molecule has 0 radical (unpaired) electrons. The van der Waals surface area contributed by atoms with E-state index in [4.69, 9.17) is 0 Å². The van der Waals surface area contributed by atoms with Gasteiger partial charge in [-0.05, 0) is 18.7 Å². The van der Waals surface area contributed by atoms with Crippen molar-refractivity contribution >= 4 is 23.6 Å². The van der Waals surface area contributed by atoms with Crippen LogP contribution in [0.25, 0.3) is 0 Å². The van der Waals surface area contributed by atoms with Crippen LogP contribution in [0.1, 0.15) is 12.5 Å². The predicted molar refractivity (Wildman–Crippen MR) is 95.3 cm³/mol. The molecule has 1 rings (SSSR count). The number of hydrogen-bond acceptors (Lipinski definition) is 3. The van der Waals surface area contributed by atoms with Crippen molar-refractivity contribution in [3.8, 4) is 0 Å². The monoisotopic (exact) mass is 322 g/mol. The number of thioether (sulfide) groups is 1. The van der Waals surface area contributed by atoms with E-state index in [1.54, 1.807) is 18.8 Å². The number of amides is 1. The van der Waals surface area contributed by atoms with Gasteiger partial charge < -0.3 is 15.5 Å². The van der Waals surface area contributed by atoms with Gasteiger partial charge in [0.1, 0.15) is 0 Å². The fourth-order valence-electron chi connectivity index (χ4n) is 1.94. The molecule has 0 spiro atoms. The van der Waals surface area contributed by atoms with E-state index in [2.05, 4.69) is 21.9 Å². The Hall–Kier alpha value is -1.69. The molecule has 5 nitrogen and oxygen atoms in total. The number of guanidine groups is 1. The van der Waals surface area contributed by atoms with Crippen LogP contribution in [0.15, 0.2) is 35.3 Å². The molecule has 0 aliphatic heterocycles. The molecule has 0 fully saturated rings. The lowest BCUT2D eigenvalue weighted by Gasteiger charge is -2.22. The summed E-state index contributed by atoms with van der Waals surface area (Å²) < 4.78 is 0. The number of hydrogen-bond donors (Lipinski definition) is 2.